The third kappa shape index (κ3) is 5.98. The maximum Gasteiger partial charge on any atom is 0.257 e. The molecule has 5 rings (SSSR count). The Kier molecular flexibility index (Phi) is 8.38. The number of nitrogens with one attached hydrogen (secondary N) is 2. The molecule has 0 unspecified atom stereocenters. The van der Waals surface area contributed by atoms with E-state index in [2.05, 4.69) is 25.9 Å². The van der Waals surface area contributed by atoms with Gasteiger partial charge in [0.2, 0.25) is 0 Å². The average molecular weight is 542 g/mol. The van der Waals surface area contributed by atoms with Crippen LogP contribution in [0, 0.1) is 19.8 Å². The molecular weight excluding hydrogens is 506 g/mol. The molecule has 0 bridgehead atoms. The van der Waals surface area contributed by atoms with Gasteiger partial charge in [-0.3, -0.25) is 14.6 Å². The Morgan fingerprint density at radius 1 is 0.975 bits per heavy atom. The number of pyridine rings is 1. The first-order valence-electron chi connectivity index (χ1n) is 14.0. The van der Waals surface area contributed by atoms with Crippen molar-refractivity contribution in [3.05, 3.63) is 77.1 Å². The van der Waals surface area contributed by atoms with Crippen LogP contribution in [0.25, 0.3) is 11.3 Å². The van der Waals surface area contributed by atoms with Crippen molar-refractivity contribution in [2.75, 3.05) is 5.32 Å². The van der Waals surface area contributed by atoms with Crippen LogP contribution in [0.1, 0.15) is 83.3 Å². The molecule has 3 heterocycles. The van der Waals surface area contributed by atoms with E-state index in [9.17, 15) is 9.59 Å². The highest BCUT2D eigenvalue weighted by molar-refractivity contribution is 6.04. The molecule has 208 valence electrons. The maximum absolute atomic E-state index is 13.8. The summed E-state index contributed by atoms with van der Waals surface area (Å²) in [7, 11) is 0. The maximum atomic E-state index is 13.8. The summed E-state index contributed by atoms with van der Waals surface area (Å²) in [5.74, 6) is 0.429. The van der Waals surface area contributed by atoms with Crippen LogP contribution >= 0.6 is 0 Å². The predicted octanol–water partition coefficient (Wildman–Crippen LogP) is 6.60. The van der Waals surface area contributed by atoms with Crippen LogP contribution in [0.15, 0.2) is 57.9 Å². The zero-order valence-electron chi connectivity index (χ0n) is 23.2. The summed E-state index contributed by atoms with van der Waals surface area (Å²) in [4.78, 5) is 31.5. The molecule has 0 radical (unpaired) electrons. The fraction of sp³-hybridized carbons (Fsp3) is 0.387. The topological polar surface area (TPSA) is 123 Å². The summed E-state index contributed by atoms with van der Waals surface area (Å²) < 4.78 is 10.3. The van der Waals surface area contributed by atoms with E-state index in [0.29, 0.717) is 23.2 Å². The molecular formula is C31H35N5O4. The number of carbonyl (C=O) groups is 2. The number of hydrogen-bond donors (Lipinski definition) is 2. The lowest BCUT2D eigenvalue weighted by Crippen LogP contribution is -2.46. The number of benzene rings is 1. The Hall–Kier alpha value is -4.27. The fourth-order valence-electron chi connectivity index (χ4n) is 5.49. The third-order valence-corrected chi connectivity index (χ3v) is 7.68. The van der Waals surface area contributed by atoms with Crippen LogP contribution in [0.2, 0.25) is 0 Å². The van der Waals surface area contributed by atoms with Crippen molar-refractivity contribution in [1.29, 1.82) is 0 Å². The molecule has 1 amide bonds. The monoisotopic (exact) mass is 541 g/mol. The minimum absolute atomic E-state index is 0.0771. The first-order valence-corrected chi connectivity index (χ1v) is 14.0. The van der Waals surface area contributed by atoms with Gasteiger partial charge < -0.3 is 19.7 Å². The zero-order chi connectivity index (χ0) is 28.1. The molecule has 1 aromatic carbocycles. The summed E-state index contributed by atoms with van der Waals surface area (Å²) in [5, 5.41) is 14.3. The molecule has 0 spiro atoms. The van der Waals surface area contributed by atoms with Gasteiger partial charge in [0.15, 0.2) is 5.78 Å². The quantitative estimate of drug-likeness (QED) is 0.179. The number of hydrogen-bond acceptors (Lipinski definition) is 8. The van der Waals surface area contributed by atoms with Crippen LogP contribution in [-0.2, 0) is 6.42 Å². The zero-order valence-corrected chi connectivity index (χ0v) is 23.2. The Bertz CT molecular complexity index is 1430. The van der Waals surface area contributed by atoms with E-state index in [1.54, 1.807) is 6.20 Å². The van der Waals surface area contributed by atoms with Gasteiger partial charge in [0.25, 0.3) is 5.91 Å². The van der Waals surface area contributed by atoms with Crippen LogP contribution in [0.3, 0.4) is 0 Å². The van der Waals surface area contributed by atoms with Crippen LogP contribution < -0.4 is 10.6 Å². The van der Waals surface area contributed by atoms with E-state index in [1.165, 1.54) is 6.26 Å². The summed E-state index contributed by atoms with van der Waals surface area (Å²) >= 11 is 0. The first kappa shape index (κ1) is 27.3. The predicted molar refractivity (Wildman–Crippen MR) is 152 cm³/mol. The summed E-state index contributed by atoms with van der Waals surface area (Å²) in [5.41, 5.74) is 5.70. The van der Waals surface area contributed by atoms with Crippen molar-refractivity contribution >= 4 is 23.1 Å². The highest BCUT2D eigenvalue weighted by atomic mass is 16.5. The standard InChI is InChI=1S/C31H35N5O4/c1-4-26-25(18-39-36-26)31(38)34-29(21-9-7-5-6-8-10-21)30(37)22-11-13-23(14-12-22)33-24-15-16-27(32-17-24)28-19(2)35-40-20(28)3/h11-18,21,29,33H,4-10H2,1-3H3,(H,34,38)/t29-/m0/s1. The highest BCUT2D eigenvalue weighted by Gasteiger charge is 2.32. The molecule has 4 aromatic rings. The van der Waals surface area contributed by atoms with Crippen molar-refractivity contribution in [1.82, 2.24) is 20.6 Å². The van der Waals surface area contributed by atoms with Gasteiger partial charge in [0, 0.05) is 11.3 Å². The van der Waals surface area contributed by atoms with Gasteiger partial charge in [-0.25, -0.2) is 0 Å². The lowest BCUT2D eigenvalue weighted by atomic mass is 9.86. The van der Waals surface area contributed by atoms with E-state index in [0.717, 1.165) is 72.6 Å². The number of aryl methyl sites for hydroxylation is 3. The van der Waals surface area contributed by atoms with Gasteiger partial charge in [-0.2, -0.15) is 0 Å². The summed E-state index contributed by atoms with van der Waals surface area (Å²) in [6, 6.07) is 10.6. The van der Waals surface area contributed by atoms with Crippen LogP contribution in [0.5, 0.6) is 0 Å². The molecule has 1 aliphatic rings. The number of aromatic nitrogens is 3. The van der Waals surface area contributed by atoms with Crippen molar-refractivity contribution in [2.24, 2.45) is 5.92 Å². The molecule has 1 fully saturated rings. The molecule has 40 heavy (non-hydrogen) atoms. The second kappa shape index (κ2) is 12.3. The Labute approximate surface area is 233 Å². The van der Waals surface area contributed by atoms with Gasteiger partial charge in [0.05, 0.1) is 40.6 Å². The third-order valence-electron chi connectivity index (χ3n) is 7.68. The van der Waals surface area contributed by atoms with E-state index < -0.39 is 6.04 Å². The molecule has 1 aliphatic carbocycles. The van der Waals surface area contributed by atoms with Crippen LogP contribution in [-0.4, -0.2) is 33.0 Å². The highest BCUT2D eigenvalue weighted by Crippen LogP contribution is 2.29. The first-order chi connectivity index (χ1) is 19.4. The molecule has 9 heteroatoms. The van der Waals surface area contributed by atoms with Gasteiger partial charge in [-0.05, 0) is 75.4 Å². The number of amides is 1. The lowest BCUT2D eigenvalue weighted by molar-refractivity contribution is 0.0813. The molecule has 0 saturated heterocycles. The number of Topliss-reactive ketones (excluding diaryl/α,β-unsaturated/α-hetero) is 1. The number of ketones is 1. The second-order valence-corrected chi connectivity index (χ2v) is 10.4. The summed E-state index contributed by atoms with van der Waals surface area (Å²) in [6.07, 6.45) is 9.96. The smallest absolute Gasteiger partial charge is 0.257 e. The Morgan fingerprint density at radius 2 is 1.70 bits per heavy atom. The molecule has 0 aliphatic heterocycles. The minimum Gasteiger partial charge on any atom is -0.364 e. The van der Waals surface area contributed by atoms with Crippen molar-refractivity contribution in [3.8, 4) is 11.3 Å². The molecule has 9 nitrogen and oxygen atoms in total. The number of rotatable bonds is 9. The van der Waals surface area contributed by atoms with Gasteiger partial charge >= 0.3 is 0 Å². The lowest BCUT2D eigenvalue weighted by Gasteiger charge is -2.26. The Balaban J connectivity index is 1.31. The number of carbonyl (C=O) groups excluding carboxylic acids is 2. The van der Waals surface area contributed by atoms with Gasteiger partial charge in [-0.1, -0.05) is 42.9 Å². The number of anilines is 2. The largest absolute Gasteiger partial charge is 0.364 e. The second-order valence-electron chi connectivity index (χ2n) is 10.4. The van der Waals surface area contributed by atoms with Gasteiger partial charge in [-0.15, -0.1) is 0 Å². The van der Waals surface area contributed by atoms with E-state index in [4.69, 9.17) is 9.05 Å². The molecule has 1 saturated carbocycles. The minimum atomic E-state index is -0.606. The molecule has 1 atom stereocenters. The van der Waals surface area contributed by atoms with Crippen molar-refractivity contribution in [2.45, 2.75) is 71.8 Å². The van der Waals surface area contributed by atoms with E-state index in [-0.39, 0.29) is 17.6 Å². The molecule has 3 aromatic heterocycles. The van der Waals surface area contributed by atoms with Crippen molar-refractivity contribution < 1.29 is 18.6 Å². The molecule has 2 N–H and O–H groups in total. The van der Waals surface area contributed by atoms with E-state index >= 15 is 0 Å². The summed E-state index contributed by atoms with van der Waals surface area (Å²) in [6.45, 7) is 5.68. The average Bonchev–Trinajstić information content (AvgIpc) is 3.48. The van der Waals surface area contributed by atoms with Crippen LogP contribution in [0.4, 0.5) is 11.4 Å². The van der Waals surface area contributed by atoms with Crippen molar-refractivity contribution in [3.63, 3.8) is 0 Å². The normalized spacial score (nSPS) is 14.9. The Morgan fingerprint density at radius 3 is 2.33 bits per heavy atom. The fourth-order valence-corrected chi connectivity index (χ4v) is 5.49. The SMILES string of the molecule is CCc1nocc1C(=O)N[C@H](C(=O)c1ccc(Nc2ccc(-c3c(C)noc3C)nc2)cc1)C1CCCCCC1. The van der Waals surface area contributed by atoms with E-state index in [1.807, 2.05) is 57.2 Å². The van der Waals surface area contributed by atoms with Gasteiger partial charge in [0.1, 0.15) is 17.6 Å². The number of nitrogens with zero attached hydrogens (tertiary/aromatic N) is 3.